The second-order valence-electron chi connectivity index (χ2n) is 11.4. The van der Waals surface area contributed by atoms with Crippen molar-refractivity contribution in [2.45, 2.75) is 91.1 Å². The van der Waals surface area contributed by atoms with Gasteiger partial charge in [0.15, 0.2) is 0 Å². The van der Waals surface area contributed by atoms with E-state index in [0.29, 0.717) is 18.4 Å². The number of nitrogens with one attached hydrogen (secondary N) is 2. The summed E-state index contributed by atoms with van der Waals surface area (Å²) in [6.07, 6.45) is 4.77. The quantitative estimate of drug-likeness (QED) is 0.584. The topological polar surface area (TPSA) is 115 Å². The highest BCUT2D eigenvalue weighted by Crippen LogP contribution is 2.36. The second-order valence-corrected chi connectivity index (χ2v) is 11.4. The molecule has 0 bridgehead atoms. The molecule has 0 spiro atoms. The molecule has 2 N–H and O–H groups in total. The Balaban J connectivity index is 1.42. The van der Waals surface area contributed by atoms with Crippen LogP contribution in [0.1, 0.15) is 68.2 Å². The van der Waals surface area contributed by atoms with Crippen LogP contribution in [0.25, 0.3) is 0 Å². The van der Waals surface area contributed by atoms with E-state index < -0.39 is 36.1 Å². The van der Waals surface area contributed by atoms with Gasteiger partial charge in [-0.1, -0.05) is 0 Å². The number of amides is 2. The summed E-state index contributed by atoms with van der Waals surface area (Å²) in [5.74, 6) is 0.816. The van der Waals surface area contributed by atoms with E-state index in [1.165, 1.54) is 0 Å². The van der Waals surface area contributed by atoms with Gasteiger partial charge in [-0.3, -0.25) is 4.79 Å². The van der Waals surface area contributed by atoms with Gasteiger partial charge >= 0.3 is 13.2 Å². The van der Waals surface area contributed by atoms with Gasteiger partial charge in [-0.15, -0.1) is 0 Å². The van der Waals surface area contributed by atoms with Crippen LogP contribution in [0.4, 0.5) is 10.7 Å². The van der Waals surface area contributed by atoms with Crippen molar-refractivity contribution < 1.29 is 23.6 Å². The van der Waals surface area contributed by atoms with Crippen LogP contribution in [-0.2, 0) is 18.8 Å². The number of carbonyl (C=O) groups excluding carboxylic acids is 2. The summed E-state index contributed by atoms with van der Waals surface area (Å²) in [4.78, 5) is 35.5. The molecule has 10 nitrogen and oxygen atoms in total. The van der Waals surface area contributed by atoms with Gasteiger partial charge in [0, 0.05) is 37.5 Å². The summed E-state index contributed by atoms with van der Waals surface area (Å²) < 4.78 is 17.3. The van der Waals surface area contributed by atoms with Crippen molar-refractivity contribution in [1.82, 2.24) is 20.6 Å². The minimum Gasteiger partial charge on any atom is -0.444 e. The minimum atomic E-state index is -0.666. The van der Waals surface area contributed by atoms with Crippen molar-refractivity contribution in [1.29, 1.82) is 0 Å². The van der Waals surface area contributed by atoms with Crippen LogP contribution in [0, 0.1) is 5.92 Å². The Hall–Kier alpha value is -2.40. The molecular weight excluding hydrogens is 449 g/mol. The van der Waals surface area contributed by atoms with Crippen molar-refractivity contribution in [2.24, 2.45) is 5.92 Å². The molecular formula is C24H40BN5O5. The highest BCUT2D eigenvalue weighted by atomic mass is 16.7. The van der Waals surface area contributed by atoms with Crippen LogP contribution in [0.15, 0.2) is 12.4 Å². The molecule has 0 saturated carbocycles. The molecule has 2 saturated heterocycles. The molecule has 0 aliphatic carbocycles. The third kappa shape index (κ3) is 7.07. The molecule has 0 aromatic carbocycles. The number of hydrogen-bond acceptors (Lipinski definition) is 8. The lowest BCUT2D eigenvalue weighted by Gasteiger charge is -2.32. The maximum absolute atomic E-state index is 12.4. The Morgan fingerprint density at radius 3 is 2.20 bits per heavy atom. The molecule has 11 heteroatoms. The van der Waals surface area contributed by atoms with Gasteiger partial charge in [0.2, 0.25) is 11.9 Å². The van der Waals surface area contributed by atoms with E-state index in [-0.39, 0.29) is 5.91 Å². The van der Waals surface area contributed by atoms with Crippen LogP contribution in [0.5, 0.6) is 0 Å². The minimum absolute atomic E-state index is 0.222. The smallest absolute Gasteiger partial charge is 0.444 e. The second kappa shape index (κ2) is 10.3. The summed E-state index contributed by atoms with van der Waals surface area (Å²) in [6, 6.07) is -0.666. The number of rotatable bonds is 6. The first-order valence-corrected chi connectivity index (χ1v) is 12.4. The molecule has 1 aromatic rings. The highest BCUT2D eigenvalue weighted by molar-refractivity contribution is 6.61. The molecule has 3 heterocycles. The Bertz CT molecular complexity index is 879. The van der Waals surface area contributed by atoms with Gasteiger partial charge < -0.3 is 29.6 Å². The van der Waals surface area contributed by atoms with E-state index in [4.69, 9.17) is 14.0 Å². The van der Waals surface area contributed by atoms with Gasteiger partial charge in [-0.25, -0.2) is 14.8 Å². The average molecular weight is 489 g/mol. The lowest BCUT2D eigenvalue weighted by Crippen LogP contribution is -2.48. The van der Waals surface area contributed by atoms with Gasteiger partial charge in [0.1, 0.15) is 11.6 Å². The van der Waals surface area contributed by atoms with Crippen LogP contribution in [0.3, 0.4) is 0 Å². The van der Waals surface area contributed by atoms with E-state index in [0.717, 1.165) is 31.4 Å². The highest BCUT2D eigenvalue weighted by Gasteiger charge is 2.52. The molecule has 2 fully saturated rings. The first-order chi connectivity index (χ1) is 16.2. The van der Waals surface area contributed by atoms with Gasteiger partial charge in [0.25, 0.3) is 0 Å². The number of anilines is 1. The third-order valence-corrected chi connectivity index (χ3v) is 6.77. The normalized spacial score (nSPS) is 20.9. The van der Waals surface area contributed by atoms with E-state index in [1.807, 2.05) is 27.7 Å². The number of alkyl carbamates (subject to hydrolysis) is 1. The number of aromatic nitrogens is 2. The SMILES string of the molecule is C[C@@H](NC(=O)OC(C)(C)C)C(=O)NCC1CCN(c2ncc(B3OC(C)(C)C(C)(C)O3)cn2)CC1. The number of piperidine rings is 1. The predicted molar refractivity (Wildman–Crippen MR) is 135 cm³/mol. The van der Waals surface area contributed by atoms with Crippen molar-refractivity contribution in [3.8, 4) is 0 Å². The molecule has 194 valence electrons. The lowest BCUT2D eigenvalue weighted by molar-refractivity contribution is -0.123. The molecule has 0 radical (unpaired) electrons. The summed E-state index contributed by atoms with van der Waals surface area (Å²) in [7, 11) is -0.476. The standard InChI is InChI=1S/C24H40BN5O5/c1-16(29-21(32)33-22(2,3)4)19(31)26-13-17-9-11-30(12-10-17)20-27-14-18(15-28-20)25-34-23(5,6)24(7,8)35-25/h14-17H,9-13H2,1-8H3,(H,26,31)(H,29,32)/t16-/m1/s1. The van der Waals surface area contributed by atoms with Crippen LogP contribution >= 0.6 is 0 Å². The summed E-state index contributed by atoms with van der Waals surface area (Å²) in [6.45, 7) is 17.2. The van der Waals surface area contributed by atoms with Crippen molar-refractivity contribution in [2.75, 3.05) is 24.5 Å². The van der Waals surface area contributed by atoms with Crippen LogP contribution in [0.2, 0.25) is 0 Å². The van der Waals surface area contributed by atoms with Crippen LogP contribution < -0.4 is 21.0 Å². The van der Waals surface area contributed by atoms with Gasteiger partial charge in [0.05, 0.1) is 11.2 Å². The average Bonchev–Trinajstić information content (AvgIpc) is 2.98. The zero-order valence-electron chi connectivity index (χ0n) is 22.3. The molecule has 2 amide bonds. The Kier molecular flexibility index (Phi) is 8.01. The fourth-order valence-corrected chi connectivity index (χ4v) is 3.88. The number of nitrogens with zero attached hydrogens (tertiary/aromatic N) is 3. The maximum atomic E-state index is 12.4. The van der Waals surface area contributed by atoms with E-state index in [1.54, 1.807) is 40.1 Å². The zero-order chi connectivity index (χ0) is 26.0. The van der Waals surface area contributed by atoms with Crippen LogP contribution in [-0.4, -0.2) is 71.6 Å². The number of ether oxygens (including phenoxy) is 1. The molecule has 2 aliphatic heterocycles. The number of carbonyl (C=O) groups is 2. The summed E-state index contributed by atoms with van der Waals surface area (Å²) >= 11 is 0. The lowest BCUT2D eigenvalue weighted by atomic mass is 9.81. The molecule has 3 rings (SSSR count). The fourth-order valence-electron chi connectivity index (χ4n) is 3.88. The Labute approximate surface area is 209 Å². The van der Waals surface area contributed by atoms with Gasteiger partial charge in [-0.05, 0) is 74.1 Å². The fraction of sp³-hybridized carbons (Fsp3) is 0.750. The van der Waals surface area contributed by atoms with Gasteiger partial charge in [-0.2, -0.15) is 0 Å². The molecule has 35 heavy (non-hydrogen) atoms. The maximum Gasteiger partial charge on any atom is 0.498 e. The Morgan fingerprint density at radius 2 is 1.69 bits per heavy atom. The zero-order valence-corrected chi connectivity index (χ0v) is 22.3. The first kappa shape index (κ1) is 27.2. The van der Waals surface area contributed by atoms with E-state index in [9.17, 15) is 9.59 Å². The monoisotopic (exact) mass is 489 g/mol. The summed E-state index contributed by atoms with van der Waals surface area (Å²) in [5.41, 5.74) is -0.613. The largest absolute Gasteiger partial charge is 0.498 e. The molecule has 1 aromatic heterocycles. The van der Waals surface area contributed by atoms with Crippen molar-refractivity contribution in [3.05, 3.63) is 12.4 Å². The van der Waals surface area contributed by atoms with Crippen molar-refractivity contribution >= 4 is 30.5 Å². The molecule has 1 atom stereocenters. The predicted octanol–water partition coefficient (Wildman–Crippen LogP) is 2.02. The van der Waals surface area contributed by atoms with E-state index >= 15 is 0 Å². The Morgan fingerprint density at radius 1 is 1.14 bits per heavy atom. The summed E-state index contributed by atoms with van der Waals surface area (Å²) in [5, 5.41) is 5.51. The number of hydrogen-bond donors (Lipinski definition) is 2. The third-order valence-electron chi connectivity index (χ3n) is 6.77. The van der Waals surface area contributed by atoms with Crippen molar-refractivity contribution in [3.63, 3.8) is 0 Å². The molecule has 2 aliphatic rings. The first-order valence-electron chi connectivity index (χ1n) is 12.4. The van der Waals surface area contributed by atoms with E-state index in [2.05, 4.69) is 25.5 Å². The molecule has 0 unspecified atom stereocenters.